The summed E-state index contributed by atoms with van der Waals surface area (Å²) in [6, 6.07) is 7.57. The van der Waals surface area contributed by atoms with E-state index in [-0.39, 0.29) is 0 Å². The van der Waals surface area contributed by atoms with Gasteiger partial charge in [0.25, 0.3) is 0 Å². The Morgan fingerprint density at radius 2 is 2.12 bits per heavy atom. The van der Waals surface area contributed by atoms with E-state index in [0.717, 1.165) is 22.9 Å². The molecule has 17 heavy (non-hydrogen) atoms. The van der Waals surface area contributed by atoms with Crippen molar-refractivity contribution >= 4 is 5.69 Å². The maximum absolute atomic E-state index is 11.6. The summed E-state index contributed by atoms with van der Waals surface area (Å²) in [5.74, 6) is 1.19. The highest BCUT2D eigenvalue weighted by molar-refractivity contribution is 5.48. The van der Waals surface area contributed by atoms with Gasteiger partial charge in [-0.05, 0) is 12.1 Å². The number of anilines is 1. The molecule has 4 nitrogen and oxygen atoms in total. The van der Waals surface area contributed by atoms with E-state index < -0.39 is 0 Å². The Morgan fingerprint density at radius 3 is 2.65 bits per heavy atom. The SMILES string of the molecule is CC.COc1cccc(N2CC(C)C[N+]2=O)c1. The van der Waals surface area contributed by atoms with Crippen molar-refractivity contribution in [3.8, 4) is 5.75 Å². The normalized spacial score (nSPS) is 18.7. The highest BCUT2D eigenvalue weighted by Crippen LogP contribution is 2.24. The van der Waals surface area contributed by atoms with Crippen LogP contribution in [0.2, 0.25) is 0 Å². The standard InChI is InChI=1S/C11H15N2O2.C2H6/c1-9-7-12(13(14)8-9)10-4-3-5-11(6-10)15-2;1-2/h3-6,9H,7-8H2,1-2H3;1-2H3/q+1;. The number of hydrogen-bond donors (Lipinski definition) is 0. The highest BCUT2D eigenvalue weighted by atomic mass is 16.5. The maximum Gasteiger partial charge on any atom is 0.230 e. The largest absolute Gasteiger partial charge is 0.497 e. The molecular formula is C13H21N2O2+. The van der Waals surface area contributed by atoms with Crippen molar-refractivity contribution in [2.24, 2.45) is 5.92 Å². The number of benzene rings is 1. The lowest BCUT2D eigenvalue weighted by molar-refractivity contribution is -0.543. The molecule has 2 rings (SSSR count). The summed E-state index contributed by atoms with van der Waals surface area (Å²) in [6.07, 6.45) is 0. The lowest BCUT2D eigenvalue weighted by Gasteiger charge is -2.09. The topological polar surface area (TPSA) is 32.5 Å². The summed E-state index contributed by atoms with van der Waals surface area (Å²) in [5.41, 5.74) is 0.897. The fourth-order valence-corrected chi connectivity index (χ4v) is 1.81. The Kier molecular flexibility index (Phi) is 4.94. The van der Waals surface area contributed by atoms with E-state index in [1.54, 1.807) is 12.1 Å². The van der Waals surface area contributed by atoms with E-state index in [4.69, 9.17) is 4.74 Å². The Balaban J connectivity index is 0.000000686. The molecule has 1 atom stereocenters. The predicted octanol–water partition coefficient (Wildman–Crippen LogP) is 2.87. The van der Waals surface area contributed by atoms with Gasteiger partial charge in [0.15, 0.2) is 0 Å². The van der Waals surface area contributed by atoms with E-state index >= 15 is 0 Å². The third-order valence-corrected chi connectivity index (χ3v) is 2.57. The molecule has 0 spiro atoms. The summed E-state index contributed by atoms with van der Waals surface area (Å²) in [6.45, 7) is 7.42. The van der Waals surface area contributed by atoms with Crippen LogP contribution in [0.3, 0.4) is 0 Å². The van der Waals surface area contributed by atoms with E-state index in [2.05, 4.69) is 6.92 Å². The molecule has 0 aromatic heterocycles. The molecule has 0 N–H and O–H groups in total. The molecule has 1 saturated heterocycles. The van der Waals surface area contributed by atoms with E-state index in [1.807, 2.05) is 38.1 Å². The first-order valence-electron chi connectivity index (χ1n) is 6.07. The second kappa shape index (κ2) is 6.23. The van der Waals surface area contributed by atoms with Gasteiger partial charge in [0.2, 0.25) is 6.54 Å². The summed E-state index contributed by atoms with van der Waals surface area (Å²) in [5, 5.41) is 1.74. The van der Waals surface area contributed by atoms with Crippen LogP contribution in [0.15, 0.2) is 24.3 Å². The zero-order valence-electron chi connectivity index (χ0n) is 11.0. The van der Waals surface area contributed by atoms with Gasteiger partial charge in [-0.15, -0.1) is 5.01 Å². The third kappa shape index (κ3) is 3.19. The zero-order chi connectivity index (χ0) is 12.8. The molecule has 1 aliphatic rings. The average molecular weight is 237 g/mol. The first-order chi connectivity index (χ1) is 8.20. The van der Waals surface area contributed by atoms with Crippen LogP contribution in [-0.4, -0.2) is 25.1 Å². The molecular weight excluding hydrogens is 216 g/mol. The Labute approximate surface area is 103 Å². The van der Waals surface area contributed by atoms with E-state index in [1.165, 1.54) is 0 Å². The second-order valence-electron chi connectivity index (χ2n) is 3.92. The number of ether oxygens (including phenoxy) is 1. The molecule has 1 aromatic rings. The first kappa shape index (κ1) is 13.5. The number of rotatable bonds is 2. The van der Waals surface area contributed by atoms with Crippen LogP contribution < -0.4 is 9.75 Å². The van der Waals surface area contributed by atoms with Crippen LogP contribution in [0.4, 0.5) is 5.69 Å². The Bertz CT molecular complexity index is 379. The molecule has 1 aliphatic heterocycles. The minimum atomic E-state index is 0.411. The second-order valence-corrected chi connectivity index (χ2v) is 3.92. The first-order valence-corrected chi connectivity index (χ1v) is 6.07. The van der Waals surface area contributed by atoms with Crippen LogP contribution in [0.5, 0.6) is 5.75 Å². The molecule has 0 saturated carbocycles. The van der Waals surface area contributed by atoms with E-state index in [0.29, 0.717) is 12.5 Å². The van der Waals surface area contributed by atoms with Crippen molar-refractivity contribution in [2.45, 2.75) is 20.8 Å². The van der Waals surface area contributed by atoms with Crippen LogP contribution in [0.25, 0.3) is 0 Å². The van der Waals surface area contributed by atoms with Crippen LogP contribution in [0, 0.1) is 10.8 Å². The van der Waals surface area contributed by atoms with Crippen molar-refractivity contribution in [1.29, 1.82) is 0 Å². The van der Waals surface area contributed by atoms with Crippen molar-refractivity contribution in [3.05, 3.63) is 29.2 Å². The summed E-state index contributed by atoms with van der Waals surface area (Å²) in [7, 11) is 1.63. The number of nitrogens with zero attached hydrogens (tertiary/aromatic N) is 2. The Morgan fingerprint density at radius 1 is 1.41 bits per heavy atom. The minimum absolute atomic E-state index is 0.411. The fraction of sp³-hybridized carbons (Fsp3) is 0.538. The van der Waals surface area contributed by atoms with Crippen molar-refractivity contribution in [2.75, 3.05) is 25.2 Å². The number of hydrazine groups is 1. The van der Waals surface area contributed by atoms with Gasteiger partial charge >= 0.3 is 0 Å². The molecule has 1 aromatic carbocycles. The van der Waals surface area contributed by atoms with Gasteiger partial charge in [0.05, 0.1) is 18.6 Å². The van der Waals surface area contributed by atoms with Crippen molar-refractivity contribution in [1.82, 2.24) is 0 Å². The van der Waals surface area contributed by atoms with Gasteiger partial charge in [-0.3, -0.25) is 0 Å². The maximum atomic E-state index is 11.6. The number of methoxy groups -OCH3 is 1. The monoisotopic (exact) mass is 237 g/mol. The van der Waals surface area contributed by atoms with Crippen molar-refractivity contribution in [3.63, 3.8) is 0 Å². The lowest BCUT2D eigenvalue weighted by Crippen LogP contribution is -2.25. The fourth-order valence-electron chi connectivity index (χ4n) is 1.81. The van der Waals surface area contributed by atoms with Crippen molar-refractivity contribution < 1.29 is 9.61 Å². The van der Waals surface area contributed by atoms with Gasteiger partial charge in [0, 0.05) is 12.0 Å². The van der Waals surface area contributed by atoms with E-state index in [9.17, 15) is 4.91 Å². The number of hydrogen-bond acceptors (Lipinski definition) is 2. The number of nitroso groups, excluding NO2 is 1. The zero-order valence-corrected chi connectivity index (χ0v) is 11.0. The van der Waals surface area contributed by atoms with Crippen LogP contribution >= 0.6 is 0 Å². The molecule has 0 amide bonds. The average Bonchev–Trinajstić information content (AvgIpc) is 2.71. The quantitative estimate of drug-likeness (QED) is 0.741. The summed E-state index contributed by atoms with van der Waals surface area (Å²) < 4.78 is 5.13. The Hall–Kier alpha value is -1.58. The van der Waals surface area contributed by atoms with Gasteiger partial charge in [-0.1, -0.05) is 26.8 Å². The minimum Gasteiger partial charge on any atom is -0.497 e. The molecule has 0 radical (unpaired) electrons. The van der Waals surface area contributed by atoms with Crippen LogP contribution in [0.1, 0.15) is 20.8 Å². The highest BCUT2D eigenvalue weighted by Gasteiger charge is 2.35. The smallest absolute Gasteiger partial charge is 0.230 e. The molecule has 1 fully saturated rings. The summed E-state index contributed by atoms with van der Waals surface area (Å²) in [4.78, 5) is 12.6. The molecule has 4 heteroatoms. The predicted molar refractivity (Wildman–Crippen MR) is 69.3 cm³/mol. The molecule has 0 aliphatic carbocycles. The van der Waals surface area contributed by atoms with Gasteiger partial charge in [-0.25, -0.2) is 0 Å². The molecule has 0 bridgehead atoms. The molecule has 94 valence electrons. The van der Waals surface area contributed by atoms with Gasteiger partial charge in [0.1, 0.15) is 16.3 Å². The van der Waals surface area contributed by atoms with Gasteiger partial charge < -0.3 is 4.74 Å². The van der Waals surface area contributed by atoms with Gasteiger partial charge in [-0.2, -0.15) is 0 Å². The van der Waals surface area contributed by atoms with Crippen LogP contribution in [-0.2, 0) is 0 Å². The third-order valence-electron chi connectivity index (χ3n) is 2.57. The lowest BCUT2D eigenvalue weighted by atomic mass is 10.2. The summed E-state index contributed by atoms with van der Waals surface area (Å²) >= 11 is 0. The molecule has 1 heterocycles. The molecule has 1 unspecified atom stereocenters.